The van der Waals surface area contributed by atoms with Crippen LogP contribution >= 0.6 is 0 Å². The second-order valence-electron chi connectivity index (χ2n) is 9.50. The highest BCUT2D eigenvalue weighted by atomic mass is 16.1. The van der Waals surface area contributed by atoms with Crippen molar-refractivity contribution in [1.82, 2.24) is 9.97 Å². The van der Waals surface area contributed by atoms with E-state index in [1.165, 1.54) is 5.56 Å². The highest BCUT2D eigenvalue weighted by molar-refractivity contribution is 5.88. The standard InChI is InChI=1S/C32H32N4O/c1-22-29(35-17-8-11-23-9-4-2-5-10-23)15-14-27(24-12-6-3-7-13-24)31(22)28(32(33)37)20-26-19-25-21-34-18-16-30(25)36-26/h2-7,9-10,12-16,18-19,21,28,35-36H,8,11,17,20H2,1H3,(H2,33,37). The summed E-state index contributed by atoms with van der Waals surface area (Å²) in [6, 6.07) is 29.0. The molecule has 0 fully saturated rings. The lowest BCUT2D eigenvalue weighted by Crippen LogP contribution is -2.25. The molecule has 5 aromatic rings. The zero-order valence-electron chi connectivity index (χ0n) is 21.1. The van der Waals surface area contributed by atoms with Crippen molar-refractivity contribution >= 4 is 22.5 Å². The summed E-state index contributed by atoms with van der Waals surface area (Å²) in [4.78, 5) is 20.6. The van der Waals surface area contributed by atoms with Crippen LogP contribution in [0.2, 0.25) is 0 Å². The Labute approximate surface area is 217 Å². The molecule has 1 atom stereocenters. The van der Waals surface area contributed by atoms with Crippen molar-refractivity contribution in [2.45, 2.75) is 32.1 Å². The Morgan fingerprint density at radius 1 is 1.00 bits per heavy atom. The van der Waals surface area contributed by atoms with E-state index in [-0.39, 0.29) is 5.91 Å². The average molecular weight is 489 g/mol. The number of aromatic nitrogens is 2. The van der Waals surface area contributed by atoms with Crippen molar-refractivity contribution in [3.8, 4) is 11.1 Å². The third kappa shape index (κ3) is 5.56. The third-order valence-corrected chi connectivity index (χ3v) is 6.99. The van der Waals surface area contributed by atoms with E-state index in [2.05, 4.69) is 76.8 Å². The summed E-state index contributed by atoms with van der Waals surface area (Å²) in [6.45, 7) is 2.93. The molecule has 5 heteroatoms. The van der Waals surface area contributed by atoms with Crippen LogP contribution in [0.4, 0.5) is 5.69 Å². The molecule has 1 amide bonds. The number of fused-ring (bicyclic) bond motifs is 1. The molecule has 0 radical (unpaired) electrons. The average Bonchev–Trinajstić information content (AvgIpc) is 3.34. The molecule has 1 unspecified atom stereocenters. The van der Waals surface area contributed by atoms with Gasteiger partial charge in [-0.15, -0.1) is 0 Å². The minimum atomic E-state index is -0.484. The lowest BCUT2D eigenvalue weighted by Gasteiger charge is -2.23. The summed E-state index contributed by atoms with van der Waals surface area (Å²) in [5, 5.41) is 4.64. The van der Waals surface area contributed by atoms with Crippen LogP contribution in [0.5, 0.6) is 0 Å². The fourth-order valence-corrected chi connectivity index (χ4v) is 5.11. The summed E-state index contributed by atoms with van der Waals surface area (Å²) in [5.41, 5.74) is 14.6. The van der Waals surface area contributed by atoms with Gasteiger partial charge in [-0.2, -0.15) is 0 Å². The Balaban J connectivity index is 1.46. The van der Waals surface area contributed by atoms with Gasteiger partial charge in [0.05, 0.1) is 5.92 Å². The molecular weight excluding hydrogens is 456 g/mol. The van der Waals surface area contributed by atoms with Gasteiger partial charge in [-0.1, -0.05) is 66.7 Å². The Hall–Kier alpha value is -4.38. The maximum absolute atomic E-state index is 13.0. The van der Waals surface area contributed by atoms with Crippen molar-refractivity contribution in [2.75, 3.05) is 11.9 Å². The molecule has 5 rings (SSSR count). The topological polar surface area (TPSA) is 83.8 Å². The number of benzene rings is 3. The summed E-state index contributed by atoms with van der Waals surface area (Å²) in [6.07, 6.45) is 6.11. The first kappa shape index (κ1) is 24.3. The van der Waals surface area contributed by atoms with Crippen LogP contribution in [0.15, 0.2) is 97.3 Å². The van der Waals surface area contributed by atoms with Crippen molar-refractivity contribution in [1.29, 1.82) is 0 Å². The fourth-order valence-electron chi connectivity index (χ4n) is 5.11. The molecule has 0 aliphatic carbocycles. The van der Waals surface area contributed by atoms with Crippen molar-refractivity contribution in [3.63, 3.8) is 0 Å². The second-order valence-corrected chi connectivity index (χ2v) is 9.50. The monoisotopic (exact) mass is 488 g/mol. The highest BCUT2D eigenvalue weighted by Gasteiger charge is 2.26. The molecule has 37 heavy (non-hydrogen) atoms. The molecule has 2 aromatic heterocycles. The predicted octanol–water partition coefficient (Wildman–Crippen LogP) is 6.39. The Kier molecular flexibility index (Phi) is 7.31. The van der Waals surface area contributed by atoms with E-state index in [4.69, 9.17) is 5.73 Å². The lowest BCUT2D eigenvalue weighted by molar-refractivity contribution is -0.119. The van der Waals surface area contributed by atoms with Gasteiger partial charge in [-0.25, -0.2) is 0 Å². The molecule has 2 heterocycles. The number of carbonyl (C=O) groups is 1. The molecule has 4 N–H and O–H groups in total. The van der Waals surface area contributed by atoms with Crippen molar-refractivity contribution < 1.29 is 4.79 Å². The Bertz CT molecular complexity index is 1460. The minimum absolute atomic E-state index is 0.335. The first-order valence-electron chi connectivity index (χ1n) is 12.8. The molecule has 0 aliphatic rings. The van der Waals surface area contributed by atoms with E-state index >= 15 is 0 Å². The van der Waals surface area contributed by atoms with Crippen molar-refractivity contribution in [2.24, 2.45) is 5.73 Å². The van der Waals surface area contributed by atoms with Crippen LogP contribution in [-0.2, 0) is 17.6 Å². The number of aryl methyl sites for hydroxylation is 1. The van der Waals surface area contributed by atoms with Gasteiger partial charge in [0.15, 0.2) is 0 Å². The molecular formula is C32H32N4O. The number of hydrogen-bond acceptors (Lipinski definition) is 3. The zero-order chi connectivity index (χ0) is 25.6. The van der Waals surface area contributed by atoms with E-state index in [0.717, 1.165) is 63.9 Å². The maximum atomic E-state index is 13.0. The van der Waals surface area contributed by atoms with Gasteiger partial charge in [0.25, 0.3) is 0 Å². The van der Waals surface area contributed by atoms with Crippen LogP contribution in [0, 0.1) is 6.92 Å². The molecule has 5 nitrogen and oxygen atoms in total. The number of nitrogens with two attached hydrogens (primary N) is 1. The lowest BCUT2D eigenvalue weighted by atomic mass is 9.83. The first-order chi connectivity index (χ1) is 18.1. The van der Waals surface area contributed by atoms with Gasteiger partial charge in [0.2, 0.25) is 5.91 Å². The largest absolute Gasteiger partial charge is 0.385 e. The van der Waals surface area contributed by atoms with Crippen LogP contribution in [0.1, 0.15) is 34.7 Å². The number of H-pyrrole nitrogens is 1. The summed E-state index contributed by atoms with van der Waals surface area (Å²) < 4.78 is 0. The van der Waals surface area contributed by atoms with E-state index in [9.17, 15) is 4.79 Å². The molecule has 186 valence electrons. The van der Waals surface area contributed by atoms with E-state index in [0.29, 0.717) is 6.42 Å². The molecule has 0 saturated carbocycles. The number of anilines is 1. The quantitative estimate of drug-likeness (QED) is 0.199. The van der Waals surface area contributed by atoms with Crippen LogP contribution in [0.25, 0.3) is 22.0 Å². The smallest absolute Gasteiger partial charge is 0.225 e. The number of carbonyl (C=O) groups excluding carboxylic acids is 1. The zero-order valence-corrected chi connectivity index (χ0v) is 21.1. The number of aromatic amines is 1. The van der Waals surface area contributed by atoms with E-state index in [1.807, 2.05) is 36.5 Å². The Morgan fingerprint density at radius 3 is 2.49 bits per heavy atom. The van der Waals surface area contributed by atoms with Crippen LogP contribution < -0.4 is 11.1 Å². The highest BCUT2D eigenvalue weighted by Crippen LogP contribution is 2.37. The molecule has 0 spiro atoms. The maximum Gasteiger partial charge on any atom is 0.225 e. The minimum Gasteiger partial charge on any atom is -0.385 e. The van der Waals surface area contributed by atoms with Crippen molar-refractivity contribution in [3.05, 3.63) is 120 Å². The third-order valence-electron chi connectivity index (χ3n) is 6.99. The number of rotatable bonds is 10. The van der Waals surface area contributed by atoms with Crippen LogP contribution in [0.3, 0.4) is 0 Å². The SMILES string of the molecule is Cc1c(NCCCc2ccccc2)ccc(-c2ccccc2)c1C(Cc1cc2cnccc2[nH]1)C(N)=O. The fraction of sp³-hybridized carbons (Fsp3) is 0.188. The van der Waals surface area contributed by atoms with Gasteiger partial charge >= 0.3 is 0 Å². The second kappa shape index (κ2) is 11.1. The first-order valence-corrected chi connectivity index (χ1v) is 12.8. The van der Waals surface area contributed by atoms with E-state index < -0.39 is 5.92 Å². The van der Waals surface area contributed by atoms with Gasteiger partial charge in [-0.05, 0) is 65.8 Å². The number of pyridine rings is 1. The van der Waals surface area contributed by atoms with Gasteiger partial charge in [0.1, 0.15) is 0 Å². The number of nitrogens with one attached hydrogen (secondary N) is 2. The summed E-state index contributed by atoms with van der Waals surface area (Å²) in [5.74, 6) is -0.819. The molecule has 3 aromatic carbocycles. The molecule has 0 saturated heterocycles. The predicted molar refractivity (Wildman–Crippen MR) is 152 cm³/mol. The Morgan fingerprint density at radius 2 is 1.76 bits per heavy atom. The number of primary amides is 1. The number of nitrogens with zero attached hydrogens (tertiary/aromatic N) is 1. The van der Waals surface area contributed by atoms with Gasteiger partial charge < -0.3 is 16.0 Å². The van der Waals surface area contributed by atoms with E-state index in [1.54, 1.807) is 6.20 Å². The summed E-state index contributed by atoms with van der Waals surface area (Å²) >= 11 is 0. The molecule has 0 bridgehead atoms. The summed E-state index contributed by atoms with van der Waals surface area (Å²) in [7, 11) is 0. The van der Waals surface area contributed by atoms with Gasteiger partial charge in [-0.3, -0.25) is 9.78 Å². The number of hydrogen-bond donors (Lipinski definition) is 3. The van der Waals surface area contributed by atoms with Crippen LogP contribution in [-0.4, -0.2) is 22.4 Å². The van der Waals surface area contributed by atoms with Gasteiger partial charge in [0, 0.05) is 47.6 Å². The number of amides is 1. The normalized spacial score (nSPS) is 11.9. The molecule has 0 aliphatic heterocycles.